The fourth-order valence-electron chi connectivity index (χ4n) is 2.08. The zero-order chi connectivity index (χ0) is 15.5. The zero-order valence-electron chi connectivity index (χ0n) is 12.4. The van der Waals surface area contributed by atoms with Gasteiger partial charge >= 0.3 is 0 Å². The van der Waals surface area contributed by atoms with Crippen LogP contribution in [0, 0.1) is 5.92 Å². The molecule has 0 saturated carbocycles. The van der Waals surface area contributed by atoms with Crippen molar-refractivity contribution < 1.29 is 9.15 Å². The van der Waals surface area contributed by atoms with Gasteiger partial charge in [0.25, 0.3) is 0 Å². The Morgan fingerprint density at radius 1 is 1.36 bits per heavy atom. The van der Waals surface area contributed by atoms with Crippen molar-refractivity contribution in [1.82, 2.24) is 20.6 Å². The van der Waals surface area contributed by atoms with Gasteiger partial charge in [0.05, 0.1) is 6.61 Å². The van der Waals surface area contributed by atoms with Crippen molar-refractivity contribution in [2.24, 2.45) is 5.92 Å². The average Bonchev–Trinajstić information content (AvgIpc) is 3.00. The van der Waals surface area contributed by atoms with E-state index in [1.165, 1.54) is 6.07 Å². The molecule has 0 spiro atoms. The number of nitrogens with zero attached hydrogens (tertiary/aromatic N) is 3. The number of nitrogens with one attached hydrogen (secondary N) is 1. The maximum absolute atomic E-state index is 12.4. The van der Waals surface area contributed by atoms with Gasteiger partial charge in [-0.15, -0.1) is 10.2 Å². The summed E-state index contributed by atoms with van der Waals surface area (Å²) in [5.74, 6) is 1.58. The van der Waals surface area contributed by atoms with Crippen molar-refractivity contribution >= 4 is 11.0 Å². The molecule has 3 aromatic rings. The molecule has 2 aromatic heterocycles. The van der Waals surface area contributed by atoms with E-state index in [9.17, 15) is 4.79 Å². The topological polar surface area (TPSA) is 93.9 Å². The summed E-state index contributed by atoms with van der Waals surface area (Å²) in [4.78, 5) is 12.4. The first-order valence-corrected chi connectivity index (χ1v) is 7.08. The number of H-pyrrole nitrogens is 1. The number of benzene rings is 1. The lowest BCUT2D eigenvalue weighted by Crippen LogP contribution is -2.06. The van der Waals surface area contributed by atoms with E-state index in [0.717, 1.165) is 6.42 Å². The minimum atomic E-state index is -0.193. The standard InChI is InChI=1S/C15H16N4O3/c1-9(2)6-7-21-11-4-3-5-12-14(11)10(20)8-13(22-12)15-16-18-19-17-15/h3-5,8-9H,6-7H2,1-2H3,(H,16,17,18,19). The molecule has 0 bridgehead atoms. The summed E-state index contributed by atoms with van der Waals surface area (Å²) in [6.45, 7) is 4.80. The second kappa shape index (κ2) is 5.97. The maximum atomic E-state index is 12.4. The molecule has 0 radical (unpaired) electrons. The minimum Gasteiger partial charge on any atom is -0.493 e. The van der Waals surface area contributed by atoms with Gasteiger partial charge in [-0.1, -0.05) is 19.9 Å². The molecule has 0 aliphatic carbocycles. The van der Waals surface area contributed by atoms with Gasteiger partial charge in [-0.2, -0.15) is 5.21 Å². The molecule has 0 unspecified atom stereocenters. The molecule has 1 N–H and O–H groups in total. The van der Waals surface area contributed by atoms with E-state index in [0.29, 0.717) is 29.2 Å². The first-order valence-electron chi connectivity index (χ1n) is 7.08. The van der Waals surface area contributed by atoms with Gasteiger partial charge in [0.2, 0.25) is 5.82 Å². The van der Waals surface area contributed by atoms with Crippen molar-refractivity contribution in [3.05, 3.63) is 34.5 Å². The van der Waals surface area contributed by atoms with Crippen molar-refractivity contribution in [2.75, 3.05) is 6.61 Å². The zero-order valence-corrected chi connectivity index (χ0v) is 12.4. The van der Waals surface area contributed by atoms with Gasteiger partial charge in [0, 0.05) is 6.07 Å². The predicted molar refractivity (Wildman–Crippen MR) is 80.6 cm³/mol. The van der Waals surface area contributed by atoms with E-state index in [2.05, 4.69) is 34.5 Å². The lowest BCUT2D eigenvalue weighted by molar-refractivity contribution is 0.292. The van der Waals surface area contributed by atoms with E-state index < -0.39 is 0 Å². The molecule has 114 valence electrons. The molecule has 0 saturated heterocycles. The highest BCUT2D eigenvalue weighted by Gasteiger charge is 2.13. The van der Waals surface area contributed by atoms with Crippen molar-refractivity contribution in [2.45, 2.75) is 20.3 Å². The molecule has 7 heteroatoms. The maximum Gasteiger partial charge on any atom is 0.239 e. The summed E-state index contributed by atoms with van der Waals surface area (Å²) < 4.78 is 11.4. The fourth-order valence-corrected chi connectivity index (χ4v) is 2.08. The van der Waals surface area contributed by atoms with E-state index >= 15 is 0 Å². The van der Waals surface area contributed by atoms with E-state index in [4.69, 9.17) is 9.15 Å². The van der Waals surface area contributed by atoms with Gasteiger partial charge in [0.1, 0.15) is 16.7 Å². The molecule has 0 aliphatic heterocycles. The highest BCUT2D eigenvalue weighted by molar-refractivity contribution is 5.84. The Morgan fingerprint density at radius 2 is 2.23 bits per heavy atom. The number of ether oxygens (including phenoxy) is 1. The molecule has 3 rings (SSSR count). The lowest BCUT2D eigenvalue weighted by atomic mass is 10.1. The summed E-state index contributed by atoms with van der Waals surface area (Å²) in [6, 6.07) is 6.63. The molecule has 2 heterocycles. The van der Waals surface area contributed by atoms with Gasteiger partial charge < -0.3 is 9.15 Å². The molecule has 0 amide bonds. The van der Waals surface area contributed by atoms with Crippen LogP contribution in [-0.2, 0) is 0 Å². The van der Waals surface area contributed by atoms with Gasteiger partial charge in [-0.25, -0.2) is 0 Å². The summed E-state index contributed by atoms with van der Waals surface area (Å²) in [6.07, 6.45) is 0.919. The number of tetrazole rings is 1. The van der Waals surface area contributed by atoms with E-state index in [1.54, 1.807) is 18.2 Å². The molecule has 0 atom stereocenters. The van der Waals surface area contributed by atoms with Crippen molar-refractivity contribution in [3.8, 4) is 17.3 Å². The highest BCUT2D eigenvalue weighted by Crippen LogP contribution is 2.25. The minimum absolute atomic E-state index is 0.193. The van der Waals surface area contributed by atoms with Crippen LogP contribution in [0.4, 0.5) is 0 Å². The Balaban J connectivity index is 2.00. The number of hydrogen-bond acceptors (Lipinski definition) is 6. The number of aromatic amines is 1. The quantitative estimate of drug-likeness (QED) is 0.777. The Labute approximate surface area is 126 Å². The van der Waals surface area contributed by atoms with Crippen LogP contribution in [0.3, 0.4) is 0 Å². The third kappa shape index (κ3) is 2.83. The summed E-state index contributed by atoms with van der Waals surface area (Å²) in [5.41, 5.74) is 0.246. The first kappa shape index (κ1) is 14.2. The number of aromatic nitrogens is 4. The van der Waals surface area contributed by atoms with Crippen LogP contribution in [0.25, 0.3) is 22.6 Å². The fraction of sp³-hybridized carbons (Fsp3) is 0.333. The molecule has 7 nitrogen and oxygen atoms in total. The SMILES string of the molecule is CC(C)CCOc1cccc2oc(-c3nn[nH]n3)cc(=O)c12. The molecular weight excluding hydrogens is 284 g/mol. The Morgan fingerprint density at radius 3 is 2.95 bits per heavy atom. The summed E-state index contributed by atoms with van der Waals surface area (Å²) in [7, 11) is 0. The van der Waals surface area contributed by atoms with E-state index in [-0.39, 0.29) is 17.0 Å². The molecule has 0 aliphatic rings. The Bertz CT molecular complexity index is 824. The third-order valence-electron chi connectivity index (χ3n) is 3.23. The molecule has 1 aromatic carbocycles. The number of rotatable bonds is 5. The first-order chi connectivity index (χ1) is 10.6. The normalized spacial score (nSPS) is 11.2. The van der Waals surface area contributed by atoms with Gasteiger partial charge in [0.15, 0.2) is 11.2 Å². The second-order valence-electron chi connectivity index (χ2n) is 5.37. The monoisotopic (exact) mass is 300 g/mol. The molecule has 22 heavy (non-hydrogen) atoms. The van der Waals surface area contributed by atoms with Gasteiger partial charge in [-0.3, -0.25) is 4.79 Å². The lowest BCUT2D eigenvalue weighted by Gasteiger charge is -2.10. The summed E-state index contributed by atoms with van der Waals surface area (Å²) in [5, 5.41) is 13.8. The predicted octanol–water partition coefficient (Wildman–Crippen LogP) is 2.40. The highest BCUT2D eigenvalue weighted by atomic mass is 16.5. The average molecular weight is 300 g/mol. The van der Waals surface area contributed by atoms with E-state index in [1.807, 2.05) is 0 Å². The smallest absolute Gasteiger partial charge is 0.239 e. The molecule has 0 fully saturated rings. The van der Waals surface area contributed by atoms with Crippen LogP contribution in [0.1, 0.15) is 20.3 Å². The Kier molecular flexibility index (Phi) is 3.86. The van der Waals surface area contributed by atoms with Crippen LogP contribution in [0.2, 0.25) is 0 Å². The summed E-state index contributed by atoms with van der Waals surface area (Å²) >= 11 is 0. The van der Waals surface area contributed by atoms with Crippen LogP contribution in [0.15, 0.2) is 33.5 Å². The van der Waals surface area contributed by atoms with Crippen LogP contribution >= 0.6 is 0 Å². The number of hydrogen-bond donors (Lipinski definition) is 1. The van der Waals surface area contributed by atoms with Crippen LogP contribution in [0.5, 0.6) is 5.75 Å². The third-order valence-corrected chi connectivity index (χ3v) is 3.23. The van der Waals surface area contributed by atoms with Crippen LogP contribution < -0.4 is 10.2 Å². The van der Waals surface area contributed by atoms with Crippen molar-refractivity contribution in [3.63, 3.8) is 0 Å². The van der Waals surface area contributed by atoms with Crippen molar-refractivity contribution in [1.29, 1.82) is 0 Å². The largest absolute Gasteiger partial charge is 0.493 e. The Hall–Kier alpha value is -2.70. The number of fused-ring (bicyclic) bond motifs is 1. The molecular formula is C15H16N4O3. The van der Waals surface area contributed by atoms with Gasteiger partial charge in [-0.05, 0) is 29.7 Å². The van der Waals surface area contributed by atoms with Crippen LogP contribution in [-0.4, -0.2) is 27.2 Å². The second-order valence-corrected chi connectivity index (χ2v) is 5.37.